The maximum absolute atomic E-state index is 12.0. The zero-order chi connectivity index (χ0) is 19.8. The summed E-state index contributed by atoms with van der Waals surface area (Å²) < 4.78 is 6.99. The molecule has 0 spiro atoms. The van der Waals surface area contributed by atoms with Crippen molar-refractivity contribution in [1.82, 2.24) is 20.1 Å². The number of carbonyl (C=O) groups is 1. The molecule has 0 aliphatic carbocycles. The molecule has 28 heavy (non-hydrogen) atoms. The number of carbonyl (C=O) groups excluding carboxylic acids is 1. The third-order valence-electron chi connectivity index (χ3n) is 4.13. The first-order valence-corrected chi connectivity index (χ1v) is 10.1. The molecule has 0 atom stereocenters. The number of rotatable bonds is 9. The van der Waals surface area contributed by atoms with Gasteiger partial charge >= 0.3 is 0 Å². The van der Waals surface area contributed by atoms with E-state index in [2.05, 4.69) is 46.7 Å². The molecule has 3 aromatic rings. The quantitative estimate of drug-likeness (QED) is 0.445. The fourth-order valence-electron chi connectivity index (χ4n) is 2.79. The molecule has 0 radical (unpaired) electrons. The van der Waals surface area contributed by atoms with Gasteiger partial charge in [-0.1, -0.05) is 54.2 Å². The molecular weight excluding hydrogens is 372 g/mol. The van der Waals surface area contributed by atoms with E-state index in [0.717, 1.165) is 22.6 Å². The van der Waals surface area contributed by atoms with Crippen molar-refractivity contribution in [2.75, 3.05) is 26.0 Å². The molecule has 3 rings (SSSR count). The van der Waals surface area contributed by atoms with Crippen molar-refractivity contribution >= 4 is 17.7 Å². The average molecular weight is 397 g/mol. The first-order valence-electron chi connectivity index (χ1n) is 9.11. The van der Waals surface area contributed by atoms with E-state index >= 15 is 0 Å². The Balaban J connectivity index is 1.82. The number of amides is 1. The van der Waals surface area contributed by atoms with Gasteiger partial charge in [0, 0.05) is 25.8 Å². The standard InChI is InChI=1S/C21H24N4O2S/c1-16-7-6-10-18(13-16)25-19(14-17-8-4-3-5-9-17)23-24-21(25)28-15-20(26)22-11-12-27-2/h3-10,13H,11-12,14-15H2,1-2H3,(H,22,26). The fourth-order valence-corrected chi connectivity index (χ4v) is 3.59. The van der Waals surface area contributed by atoms with Crippen molar-refractivity contribution in [2.24, 2.45) is 0 Å². The largest absolute Gasteiger partial charge is 0.383 e. The highest BCUT2D eigenvalue weighted by Crippen LogP contribution is 2.24. The van der Waals surface area contributed by atoms with Crippen molar-refractivity contribution in [3.8, 4) is 5.69 Å². The zero-order valence-electron chi connectivity index (χ0n) is 16.1. The molecule has 0 saturated heterocycles. The van der Waals surface area contributed by atoms with Crippen LogP contribution in [-0.2, 0) is 16.0 Å². The number of methoxy groups -OCH3 is 1. The lowest BCUT2D eigenvalue weighted by atomic mass is 10.1. The average Bonchev–Trinajstić information content (AvgIpc) is 3.10. The third kappa shape index (κ3) is 5.43. The second-order valence-corrected chi connectivity index (χ2v) is 7.31. The molecular formula is C21H24N4O2S. The Morgan fingerprint density at radius 1 is 1.14 bits per heavy atom. The first kappa shape index (κ1) is 20.1. The lowest BCUT2D eigenvalue weighted by Crippen LogP contribution is -2.28. The molecule has 0 saturated carbocycles. The zero-order valence-corrected chi connectivity index (χ0v) is 16.9. The monoisotopic (exact) mass is 396 g/mol. The highest BCUT2D eigenvalue weighted by molar-refractivity contribution is 7.99. The van der Waals surface area contributed by atoms with Gasteiger partial charge in [0.15, 0.2) is 5.16 Å². The lowest BCUT2D eigenvalue weighted by Gasteiger charge is -2.11. The summed E-state index contributed by atoms with van der Waals surface area (Å²) >= 11 is 1.38. The van der Waals surface area contributed by atoms with Crippen LogP contribution >= 0.6 is 11.8 Å². The SMILES string of the molecule is COCCNC(=O)CSc1nnc(Cc2ccccc2)n1-c1cccc(C)c1. The minimum atomic E-state index is -0.0505. The van der Waals surface area contributed by atoms with Crippen molar-refractivity contribution in [1.29, 1.82) is 0 Å². The van der Waals surface area contributed by atoms with Crippen LogP contribution < -0.4 is 5.32 Å². The number of hydrogen-bond donors (Lipinski definition) is 1. The molecule has 0 fully saturated rings. The Hall–Kier alpha value is -2.64. The summed E-state index contributed by atoms with van der Waals surface area (Å²) in [5, 5.41) is 12.3. The van der Waals surface area contributed by atoms with E-state index in [-0.39, 0.29) is 11.7 Å². The minimum absolute atomic E-state index is 0.0505. The molecule has 146 valence electrons. The molecule has 0 bridgehead atoms. The number of ether oxygens (including phenoxy) is 1. The normalized spacial score (nSPS) is 10.8. The number of nitrogens with zero attached hydrogens (tertiary/aromatic N) is 3. The molecule has 2 aromatic carbocycles. The maximum atomic E-state index is 12.0. The van der Waals surface area contributed by atoms with Crippen LogP contribution in [0.3, 0.4) is 0 Å². The fraction of sp³-hybridized carbons (Fsp3) is 0.286. The second-order valence-electron chi connectivity index (χ2n) is 6.37. The predicted octanol–water partition coefficient (Wildman–Crippen LogP) is 3.02. The van der Waals surface area contributed by atoms with Gasteiger partial charge in [0.2, 0.25) is 5.91 Å². The predicted molar refractivity (Wildman–Crippen MR) is 111 cm³/mol. The van der Waals surface area contributed by atoms with Gasteiger partial charge in [0.1, 0.15) is 5.82 Å². The van der Waals surface area contributed by atoms with Crippen molar-refractivity contribution in [3.05, 3.63) is 71.5 Å². The van der Waals surface area contributed by atoms with Crippen LogP contribution in [0.4, 0.5) is 0 Å². The Morgan fingerprint density at radius 3 is 2.71 bits per heavy atom. The van der Waals surface area contributed by atoms with Crippen LogP contribution in [0.15, 0.2) is 59.8 Å². The van der Waals surface area contributed by atoms with Crippen LogP contribution in [-0.4, -0.2) is 46.7 Å². The van der Waals surface area contributed by atoms with Crippen LogP contribution in [0.5, 0.6) is 0 Å². The molecule has 1 N–H and O–H groups in total. The highest BCUT2D eigenvalue weighted by Gasteiger charge is 2.16. The Morgan fingerprint density at radius 2 is 1.96 bits per heavy atom. The number of aromatic nitrogens is 3. The summed E-state index contributed by atoms with van der Waals surface area (Å²) in [5.41, 5.74) is 3.32. The summed E-state index contributed by atoms with van der Waals surface area (Å²) in [6.45, 7) is 3.05. The van der Waals surface area contributed by atoms with Crippen LogP contribution in [0, 0.1) is 6.92 Å². The Labute approximate surface area is 169 Å². The number of thioether (sulfide) groups is 1. The lowest BCUT2D eigenvalue weighted by molar-refractivity contribution is -0.118. The number of benzene rings is 2. The van der Waals surface area contributed by atoms with Gasteiger partial charge in [0.25, 0.3) is 0 Å². The summed E-state index contributed by atoms with van der Waals surface area (Å²) in [5.74, 6) is 1.07. The Kier molecular flexibility index (Phi) is 7.22. The topological polar surface area (TPSA) is 69.0 Å². The molecule has 0 aliphatic rings. The first-order chi connectivity index (χ1) is 13.7. The van der Waals surface area contributed by atoms with Gasteiger partial charge in [-0.05, 0) is 30.2 Å². The smallest absolute Gasteiger partial charge is 0.230 e. The van der Waals surface area contributed by atoms with Gasteiger partial charge in [-0.25, -0.2) is 0 Å². The van der Waals surface area contributed by atoms with Crippen molar-refractivity contribution < 1.29 is 9.53 Å². The Bertz CT molecular complexity index is 912. The van der Waals surface area contributed by atoms with E-state index in [9.17, 15) is 4.79 Å². The molecule has 0 unspecified atom stereocenters. The maximum Gasteiger partial charge on any atom is 0.230 e. The summed E-state index contributed by atoms with van der Waals surface area (Å²) in [6, 6.07) is 18.4. The molecule has 1 heterocycles. The van der Waals surface area contributed by atoms with Crippen molar-refractivity contribution in [3.63, 3.8) is 0 Å². The van der Waals surface area contributed by atoms with Gasteiger partial charge < -0.3 is 10.1 Å². The number of nitrogens with one attached hydrogen (secondary N) is 1. The summed E-state index contributed by atoms with van der Waals surface area (Å²) in [7, 11) is 1.61. The van der Waals surface area contributed by atoms with Crippen LogP contribution in [0.25, 0.3) is 5.69 Å². The van der Waals surface area contributed by atoms with Crippen LogP contribution in [0.1, 0.15) is 17.0 Å². The van der Waals surface area contributed by atoms with E-state index in [1.54, 1.807) is 7.11 Å². The molecule has 0 aliphatic heterocycles. The molecule has 1 amide bonds. The number of aryl methyl sites for hydroxylation is 1. The van der Waals surface area contributed by atoms with E-state index in [1.807, 2.05) is 34.9 Å². The minimum Gasteiger partial charge on any atom is -0.383 e. The van der Waals surface area contributed by atoms with E-state index < -0.39 is 0 Å². The van der Waals surface area contributed by atoms with E-state index in [1.165, 1.54) is 11.8 Å². The third-order valence-corrected chi connectivity index (χ3v) is 5.05. The van der Waals surface area contributed by atoms with E-state index in [4.69, 9.17) is 4.74 Å². The molecule has 7 heteroatoms. The van der Waals surface area contributed by atoms with Gasteiger partial charge in [-0.15, -0.1) is 10.2 Å². The van der Waals surface area contributed by atoms with E-state index in [0.29, 0.717) is 24.7 Å². The molecule has 6 nitrogen and oxygen atoms in total. The van der Waals surface area contributed by atoms with Gasteiger partial charge in [-0.3, -0.25) is 9.36 Å². The summed E-state index contributed by atoms with van der Waals surface area (Å²) in [4.78, 5) is 12.0. The molecule has 1 aromatic heterocycles. The van der Waals surface area contributed by atoms with Crippen molar-refractivity contribution in [2.45, 2.75) is 18.5 Å². The highest BCUT2D eigenvalue weighted by atomic mass is 32.2. The van der Waals surface area contributed by atoms with Crippen LogP contribution in [0.2, 0.25) is 0 Å². The summed E-state index contributed by atoms with van der Waals surface area (Å²) in [6.07, 6.45) is 0.669. The van der Waals surface area contributed by atoms with Gasteiger partial charge in [-0.2, -0.15) is 0 Å². The van der Waals surface area contributed by atoms with Gasteiger partial charge in [0.05, 0.1) is 12.4 Å². The number of hydrogen-bond acceptors (Lipinski definition) is 5. The second kappa shape index (κ2) is 10.1.